The molecule has 1 atom stereocenters. The van der Waals surface area contributed by atoms with Crippen molar-refractivity contribution in [1.82, 2.24) is 5.32 Å². The van der Waals surface area contributed by atoms with E-state index in [9.17, 15) is 4.39 Å². The molecule has 0 aliphatic carbocycles. The van der Waals surface area contributed by atoms with Crippen molar-refractivity contribution in [2.45, 2.75) is 10.9 Å². The van der Waals surface area contributed by atoms with Gasteiger partial charge in [-0.1, -0.05) is 18.2 Å². The zero-order chi connectivity index (χ0) is 14.4. The predicted molar refractivity (Wildman–Crippen MR) is 81.9 cm³/mol. The minimum absolute atomic E-state index is 0.193. The number of methoxy groups -OCH3 is 1. The summed E-state index contributed by atoms with van der Waals surface area (Å²) in [5.74, 6) is 1.48. The van der Waals surface area contributed by atoms with Gasteiger partial charge in [-0.05, 0) is 42.9 Å². The summed E-state index contributed by atoms with van der Waals surface area (Å²) in [6.07, 6.45) is 0. The number of halogens is 1. The summed E-state index contributed by atoms with van der Waals surface area (Å²) in [7, 11) is 3.59. The Labute approximate surface area is 123 Å². The molecule has 0 aliphatic heterocycles. The van der Waals surface area contributed by atoms with Crippen LogP contribution < -0.4 is 10.1 Å². The van der Waals surface area contributed by atoms with E-state index < -0.39 is 0 Å². The van der Waals surface area contributed by atoms with Crippen molar-refractivity contribution in [3.63, 3.8) is 0 Å². The molecule has 106 valence electrons. The third kappa shape index (κ3) is 3.99. The lowest BCUT2D eigenvalue weighted by Crippen LogP contribution is -2.18. The van der Waals surface area contributed by atoms with Crippen LogP contribution in [0.5, 0.6) is 5.75 Å². The van der Waals surface area contributed by atoms with E-state index in [0.717, 1.165) is 22.0 Å². The molecule has 0 bridgehead atoms. The number of ether oxygens (including phenoxy) is 1. The van der Waals surface area contributed by atoms with Crippen molar-refractivity contribution >= 4 is 11.8 Å². The van der Waals surface area contributed by atoms with Gasteiger partial charge in [-0.2, -0.15) is 0 Å². The molecule has 2 rings (SSSR count). The van der Waals surface area contributed by atoms with Crippen LogP contribution in [0.25, 0.3) is 0 Å². The van der Waals surface area contributed by atoms with Crippen molar-refractivity contribution in [3.8, 4) is 5.75 Å². The van der Waals surface area contributed by atoms with Crippen LogP contribution in [0.2, 0.25) is 0 Å². The third-order valence-electron chi connectivity index (χ3n) is 3.06. The number of hydrogen-bond acceptors (Lipinski definition) is 3. The van der Waals surface area contributed by atoms with Crippen molar-refractivity contribution in [2.75, 3.05) is 19.9 Å². The van der Waals surface area contributed by atoms with Crippen LogP contribution in [0.4, 0.5) is 4.39 Å². The van der Waals surface area contributed by atoms with E-state index in [0.29, 0.717) is 0 Å². The molecular formula is C16H18FNOS. The maximum atomic E-state index is 13.1. The lowest BCUT2D eigenvalue weighted by molar-refractivity contribution is 0.413. The average Bonchev–Trinajstić information content (AvgIpc) is 2.48. The van der Waals surface area contributed by atoms with Gasteiger partial charge >= 0.3 is 0 Å². The predicted octanol–water partition coefficient (Wildman–Crippen LogP) is 3.89. The molecule has 1 N–H and O–H groups in total. The van der Waals surface area contributed by atoms with Gasteiger partial charge in [0.05, 0.1) is 7.11 Å². The zero-order valence-corrected chi connectivity index (χ0v) is 12.4. The minimum Gasteiger partial charge on any atom is -0.497 e. The maximum Gasteiger partial charge on any atom is 0.124 e. The molecule has 2 aromatic carbocycles. The lowest BCUT2D eigenvalue weighted by Gasteiger charge is -2.17. The Hall–Kier alpha value is -1.52. The van der Waals surface area contributed by atoms with Crippen LogP contribution >= 0.6 is 11.8 Å². The molecule has 0 aromatic heterocycles. The molecule has 2 nitrogen and oxygen atoms in total. The van der Waals surface area contributed by atoms with Crippen molar-refractivity contribution in [2.24, 2.45) is 0 Å². The Bertz CT molecular complexity index is 562. The van der Waals surface area contributed by atoms with E-state index in [1.54, 1.807) is 31.0 Å². The molecule has 20 heavy (non-hydrogen) atoms. The average molecular weight is 291 g/mol. The van der Waals surface area contributed by atoms with E-state index in [-0.39, 0.29) is 11.9 Å². The van der Waals surface area contributed by atoms with Crippen LogP contribution in [0.3, 0.4) is 0 Å². The number of rotatable bonds is 6. The van der Waals surface area contributed by atoms with Gasteiger partial charge in [0.25, 0.3) is 0 Å². The molecule has 0 fully saturated rings. The van der Waals surface area contributed by atoms with Gasteiger partial charge in [-0.25, -0.2) is 4.39 Å². The van der Waals surface area contributed by atoms with Crippen LogP contribution in [-0.2, 0) is 0 Å². The van der Waals surface area contributed by atoms with Crippen molar-refractivity contribution in [3.05, 3.63) is 59.9 Å². The molecule has 0 amide bonds. The molecular weight excluding hydrogens is 273 g/mol. The Morgan fingerprint density at radius 2 is 2.00 bits per heavy atom. The van der Waals surface area contributed by atoms with Crippen LogP contribution in [0.15, 0.2) is 53.4 Å². The summed E-state index contributed by atoms with van der Waals surface area (Å²) in [6, 6.07) is 14.9. The second-order valence-electron chi connectivity index (χ2n) is 4.39. The van der Waals surface area contributed by atoms with E-state index >= 15 is 0 Å². The van der Waals surface area contributed by atoms with E-state index in [1.807, 2.05) is 31.3 Å². The first-order valence-electron chi connectivity index (χ1n) is 6.42. The van der Waals surface area contributed by atoms with Crippen LogP contribution in [0.1, 0.15) is 11.6 Å². The molecule has 0 saturated carbocycles. The fourth-order valence-corrected chi connectivity index (χ4v) is 3.03. The van der Waals surface area contributed by atoms with Crippen molar-refractivity contribution < 1.29 is 9.13 Å². The summed E-state index contributed by atoms with van der Waals surface area (Å²) >= 11 is 1.63. The topological polar surface area (TPSA) is 21.3 Å². The van der Waals surface area contributed by atoms with Crippen LogP contribution in [0, 0.1) is 5.82 Å². The largest absolute Gasteiger partial charge is 0.497 e. The maximum absolute atomic E-state index is 13.1. The van der Waals surface area contributed by atoms with Crippen LogP contribution in [-0.4, -0.2) is 19.9 Å². The number of nitrogens with one attached hydrogen (secondary N) is 1. The van der Waals surface area contributed by atoms with Gasteiger partial charge in [0, 0.05) is 16.7 Å². The van der Waals surface area contributed by atoms with Gasteiger partial charge in [-0.3, -0.25) is 0 Å². The highest BCUT2D eigenvalue weighted by Crippen LogP contribution is 2.26. The lowest BCUT2D eigenvalue weighted by atomic mass is 10.1. The van der Waals surface area contributed by atoms with Gasteiger partial charge in [0.15, 0.2) is 0 Å². The summed E-state index contributed by atoms with van der Waals surface area (Å²) in [5, 5.41) is 3.28. The zero-order valence-electron chi connectivity index (χ0n) is 11.6. The van der Waals surface area contributed by atoms with E-state index in [2.05, 4.69) is 11.4 Å². The van der Waals surface area contributed by atoms with Gasteiger partial charge in [0.1, 0.15) is 11.6 Å². The quantitative estimate of drug-likeness (QED) is 0.816. The van der Waals surface area contributed by atoms with E-state index in [4.69, 9.17) is 4.74 Å². The Morgan fingerprint density at radius 1 is 1.20 bits per heavy atom. The first-order valence-corrected chi connectivity index (χ1v) is 7.41. The molecule has 0 saturated heterocycles. The molecule has 2 aromatic rings. The molecule has 0 aliphatic rings. The number of hydrogen-bond donors (Lipinski definition) is 1. The minimum atomic E-state index is -0.197. The SMILES string of the molecule is CNC(CSc1cccc(F)c1)c1cccc(OC)c1. The Balaban J connectivity index is 2.05. The second-order valence-corrected chi connectivity index (χ2v) is 5.48. The summed E-state index contributed by atoms with van der Waals surface area (Å²) in [6.45, 7) is 0. The Morgan fingerprint density at radius 3 is 2.70 bits per heavy atom. The standard InChI is InChI=1S/C16H18FNOS/c1-18-16(12-5-3-7-14(9-12)19-2)11-20-15-8-4-6-13(17)10-15/h3-10,16,18H,11H2,1-2H3. The third-order valence-corrected chi connectivity index (χ3v) is 4.14. The van der Waals surface area contributed by atoms with Gasteiger partial charge in [0.2, 0.25) is 0 Å². The Kier molecular flexibility index (Phi) is 5.44. The highest BCUT2D eigenvalue weighted by molar-refractivity contribution is 7.99. The van der Waals surface area contributed by atoms with E-state index in [1.165, 1.54) is 6.07 Å². The van der Waals surface area contributed by atoms with Gasteiger partial charge in [-0.15, -0.1) is 11.8 Å². The molecule has 0 radical (unpaired) electrons. The second kappa shape index (κ2) is 7.31. The fraction of sp³-hybridized carbons (Fsp3) is 0.250. The molecule has 1 unspecified atom stereocenters. The fourth-order valence-electron chi connectivity index (χ4n) is 1.94. The normalized spacial score (nSPS) is 12.2. The summed E-state index contributed by atoms with van der Waals surface area (Å²) in [4.78, 5) is 0.938. The smallest absolute Gasteiger partial charge is 0.124 e. The monoisotopic (exact) mass is 291 g/mol. The first-order chi connectivity index (χ1) is 9.72. The summed E-state index contributed by atoms with van der Waals surface area (Å²) < 4.78 is 18.4. The molecule has 0 spiro atoms. The highest BCUT2D eigenvalue weighted by atomic mass is 32.2. The van der Waals surface area contributed by atoms with Gasteiger partial charge < -0.3 is 10.1 Å². The molecule has 0 heterocycles. The van der Waals surface area contributed by atoms with Crippen molar-refractivity contribution in [1.29, 1.82) is 0 Å². The number of benzene rings is 2. The number of thioether (sulfide) groups is 1. The first kappa shape index (κ1) is 14.9. The highest BCUT2D eigenvalue weighted by Gasteiger charge is 2.10. The summed E-state index contributed by atoms with van der Waals surface area (Å²) in [5.41, 5.74) is 1.16. The molecule has 4 heteroatoms.